The Balaban J connectivity index is 1.39. The molecule has 0 bridgehead atoms. The van der Waals surface area contributed by atoms with Gasteiger partial charge in [0.15, 0.2) is 5.69 Å². The number of para-hydroxylation sites is 1. The molecule has 26 heavy (non-hydrogen) atoms. The number of carbonyl (C=O) groups excluding carboxylic acids is 1. The van der Waals surface area contributed by atoms with Crippen LogP contribution in [0.25, 0.3) is 10.9 Å². The summed E-state index contributed by atoms with van der Waals surface area (Å²) in [5, 5.41) is 5.70. The highest BCUT2D eigenvalue weighted by molar-refractivity contribution is 5.92. The first kappa shape index (κ1) is 15.4. The molecule has 0 saturated carbocycles. The number of pyridine rings is 1. The SMILES string of the molecule is O=C(c1cc2n(n1)CCN(c1ccc3ccccc3n1)C2)N1CCCC1. The van der Waals surface area contributed by atoms with Crippen LogP contribution in [0, 0.1) is 0 Å². The minimum Gasteiger partial charge on any atom is -0.349 e. The molecular formula is C20H21N5O. The van der Waals surface area contributed by atoms with E-state index in [9.17, 15) is 4.79 Å². The topological polar surface area (TPSA) is 54.3 Å². The molecule has 4 heterocycles. The molecule has 2 aliphatic rings. The Morgan fingerprint density at radius 2 is 1.81 bits per heavy atom. The molecule has 0 N–H and O–H groups in total. The molecule has 6 nitrogen and oxygen atoms in total. The van der Waals surface area contributed by atoms with Gasteiger partial charge in [-0.05, 0) is 37.1 Å². The van der Waals surface area contributed by atoms with E-state index in [0.717, 1.165) is 68.0 Å². The van der Waals surface area contributed by atoms with Gasteiger partial charge in [-0.1, -0.05) is 18.2 Å². The maximum absolute atomic E-state index is 12.6. The van der Waals surface area contributed by atoms with Crippen molar-refractivity contribution in [2.75, 3.05) is 24.5 Å². The molecule has 5 rings (SSSR count). The maximum atomic E-state index is 12.6. The summed E-state index contributed by atoms with van der Waals surface area (Å²) in [6.07, 6.45) is 2.20. The molecule has 0 radical (unpaired) electrons. The minimum atomic E-state index is 0.0692. The fourth-order valence-corrected chi connectivity index (χ4v) is 3.88. The second kappa shape index (κ2) is 6.12. The lowest BCUT2D eigenvalue weighted by Crippen LogP contribution is -2.34. The number of anilines is 1. The number of benzene rings is 1. The number of nitrogens with zero attached hydrogens (tertiary/aromatic N) is 5. The molecule has 0 spiro atoms. The Labute approximate surface area is 152 Å². The van der Waals surface area contributed by atoms with E-state index in [2.05, 4.69) is 28.2 Å². The van der Waals surface area contributed by atoms with E-state index >= 15 is 0 Å². The Kier molecular flexibility index (Phi) is 3.62. The van der Waals surface area contributed by atoms with E-state index in [1.54, 1.807) is 0 Å². The van der Waals surface area contributed by atoms with Crippen LogP contribution in [0.4, 0.5) is 5.82 Å². The first-order valence-corrected chi connectivity index (χ1v) is 9.25. The van der Waals surface area contributed by atoms with Gasteiger partial charge in [0.2, 0.25) is 0 Å². The Hall–Kier alpha value is -2.89. The van der Waals surface area contributed by atoms with Crippen molar-refractivity contribution >= 4 is 22.6 Å². The predicted molar refractivity (Wildman–Crippen MR) is 100 cm³/mol. The van der Waals surface area contributed by atoms with E-state index in [4.69, 9.17) is 4.98 Å². The van der Waals surface area contributed by atoms with Crippen molar-refractivity contribution in [3.05, 3.63) is 53.9 Å². The summed E-state index contributed by atoms with van der Waals surface area (Å²) in [5.74, 6) is 1.04. The van der Waals surface area contributed by atoms with Crippen LogP contribution in [0.1, 0.15) is 29.0 Å². The Bertz CT molecular complexity index is 973. The third kappa shape index (κ3) is 2.62. The van der Waals surface area contributed by atoms with E-state index < -0.39 is 0 Å². The van der Waals surface area contributed by atoms with Crippen LogP contribution in [0.3, 0.4) is 0 Å². The molecule has 0 atom stereocenters. The van der Waals surface area contributed by atoms with Gasteiger partial charge in [0.05, 0.1) is 24.3 Å². The maximum Gasteiger partial charge on any atom is 0.274 e. The molecule has 3 aromatic rings. The van der Waals surface area contributed by atoms with E-state index in [0.29, 0.717) is 5.69 Å². The zero-order valence-electron chi connectivity index (χ0n) is 14.6. The third-order valence-corrected chi connectivity index (χ3v) is 5.32. The number of likely N-dealkylation sites (tertiary alicyclic amines) is 1. The van der Waals surface area contributed by atoms with Gasteiger partial charge >= 0.3 is 0 Å². The molecule has 1 aromatic carbocycles. The highest BCUT2D eigenvalue weighted by Crippen LogP contribution is 2.23. The first-order valence-electron chi connectivity index (χ1n) is 9.25. The second-order valence-corrected chi connectivity index (χ2v) is 7.03. The van der Waals surface area contributed by atoms with Crippen LogP contribution >= 0.6 is 0 Å². The standard InChI is InChI=1S/C20H21N5O/c26-20(23-9-3-4-10-23)18-13-16-14-24(11-12-25(16)22-18)19-8-7-15-5-1-2-6-17(15)21-19/h1-2,5-8,13H,3-4,9-12,14H2. The average molecular weight is 347 g/mol. The molecular weight excluding hydrogens is 326 g/mol. The molecule has 2 aromatic heterocycles. The fraction of sp³-hybridized carbons (Fsp3) is 0.350. The molecule has 0 unspecified atom stereocenters. The van der Waals surface area contributed by atoms with Crippen molar-refractivity contribution in [3.8, 4) is 0 Å². The summed E-state index contributed by atoms with van der Waals surface area (Å²) in [7, 11) is 0. The molecule has 1 saturated heterocycles. The third-order valence-electron chi connectivity index (χ3n) is 5.32. The van der Waals surface area contributed by atoms with Crippen LogP contribution in [0.5, 0.6) is 0 Å². The quantitative estimate of drug-likeness (QED) is 0.715. The summed E-state index contributed by atoms with van der Waals surface area (Å²) < 4.78 is 1.97. The van der Waals surface area contributed by atoms with Gasteiger partial charge in [0.25, 0.3) is 5.91 Å². The Morgan fingerprint density at radius 3 is 2.69 bits per heavy atom. The summed E-state index contributed by atoms with van der Waals surface area (Å²) in [4.78, 5) is 21.6. The molecule has 6 heteroatoms. The van der Waals surface area contributed by atoms with E-state index in [-0.39, 0.29) is 5.91 Å². The van der Waals surface area contributed by atoms with Gasteiger partial charge < -0.3 is 9.80 Å². The predicted octanol–water partition coefficient (Wildman–Crippen LogP) is 2.69. The van der Waals surface area contributed by atoms with Crippen LogP contribution in [0.2, 0.25) is 0 Å². The molecule has 0 aliphatic carbocycles. The minimum absolute atomic E-state index is 0.0692. The van der Waals surface area contributed by atoms with E-state index in [1.807, 2.05) is 33.8 Å². The molecule has 2 aliphatic heterocycles. The smallest absolute Gasteiger partial charge is 0.274 e. The summed E-state index contributed by atoms with van der Waals surface area (Å²) in [6, 6.07) is 14.3. The zero-order chi connectivity index (χ0) is 17.5. The summed E-state index contributed by atoms with van der Waals surface area (Å²) >= 11 is 0. The Morgan fingerprint density at radius 1 is 0.962 bits per heavy atom. The number of aromatic nitrogens is 3. The number of hydrogen-bond donors (Lipinski definition) is 0. The molecule has 1 fully saturated rings. The van der Waals surface area contributed by atoms with Crippen molar-refractivity contribution in [3.63, 3.8) is 0 Å². The van der Waals surface area contributed by atoms with Gasteiger partial charge in [0, 0.05) is 25.0 Å². The number of rotatable bonds is 2. The second-order valence-electron chi connectivity index (χ2n) is 7.03. The van der Waals surface area contributed by atoms with E-state index in [1.165, 1.54) is 0 Å². The summed E-state index contributed by atoms with van der Waals surface area (Å²) in [6.45, 7) is 4.06. The highest BCUT2D eigenvalue weighted by atomic mass is 16.2. The van der Waals surface area contributed by atoms with Crippen molar-refractivity contribution in [2.45, 2.75) is 25.9 Å². The number of fused-ring (bicyclic) bond motifs is 2. The number of amides is 1. The van der Waals surface area contributed by atoms with Gasteiger partial charge in [-0.15, -0.1) is 0 Å². The highest BCUT2D eigenvalue weighted by Gasteiger charge is 2.25. The van der Waals surface area contributed by atoms with Gasteiger partial charge in [-0.2, -0.15) is 5.10 Å². The fourth-order valence-electron chi connectivity index (χ4n) is 3.88. The monoisotopic (exact) mass is 347 g/mol. The number of hydrogen-bond acceptors (Lipinski definition) is 4. The van der Waals surface area contributed by atoms with Gasteiger partial charge in [-0.25, -0.2) is 4.98 Å². The molecule has 132 valence electrons. The molecule has 1 amide bonds. The largest absolute Gasteiger partial charge is 0.349 e. The lowest BCUT2D eigenvalue weighted by atomic mass is 10.2. The van der Waals surface area contributed by atoms with Crippen molar-refractivity contribution in [2.24, 2.45) is 0 Å². The van der Waals surface area contributed by atoms with Crippen LogP contribution in [0.15, 0.2) is 42.5 Å². The van der Waals surface area contributed by atoms with Crippen molar-refractivity contribution in [1.29, 1.82) is 0 Å². The number of carbonyl (C=O) groups is 1. The van der Waals surface area contributed by atoms with Gasteiger partial charge in [-0.3, -0.25) is 9.48 Å². The lowest BCUT2D eigenvalue weighted by molar-refractivity contribution is 0.0786. The van der Waals surface area contributed by atoms with Crippen LogP contribution in [-0.2, 0) is 13.1 Å². The average Bonchev–Trinajstić information content (AvgIpc) is 3.36. The van der Waals surface area contributed by atoms with Crippen LogP contribution in [-0.4, -0.2) is 45.2 Å². The van der Waals surface area contributed by atoms with Gasteiger partial charge in [0.1, 0.15) is 5.82 Å². The summed E-state index contributed by atoms with van der Waals surface area (Å²) in [5.41, 5.74) is 2.66. The van der Waals surface area contributed by atoms with Crippen molar-refractivity contribution < 1.29 is 4.79 Å². The van der Waals surface area contributed by atoms with Crippen molar-refractivity contribution in [1.82, 2.24) is 19.7 Å². The zero-order valence-corrected chi connectivity index (χ0v) is 14.6. The first-order chi connectivity index (χ1) is 12.8. The lowest BCUT2D eigenvalue weighted by Gasteiger charge is -2.28. The van der Waals surface area contributed by atoms with Crippen LogP contribution < -0.4 is 4.90 Å². The normalized spacial score (nSPS) is 16.9.